The molecule has 102 valence electrons. The smallest absolute Gasteiger partial charge is 0.208 e. The van der Waals surface area contributed by atoms with Gasteiger partial charge in [0.05, 0.1) is 24.0 Å². The van der Waals surface area contributed by atoms with Crippen LogP contribution in [0.5, 0.6) is 0 Å². The van der Waals surface area contributed by atoms with Crippen LogP contribution in [-0.2, 0) is 6.54 Å². The van der Waals surface area contributed by atoms with Crippen LogP contribution in [0.15, 0.2) is 30.6 Å². The number of rotatable bonds is 3. The van der Waals surface area contributed by atoms with E-state index in [-0.39, 0.29) is 0 Å². The Morgan fingerprint density at radius 1 is 1.10 bits per heavy atom. The molecule has 0 bridgehead atoms. The molecule has 0 aliphatic rings. The molecule has 0 spiro atoms. The summed E-state index contributed by atoms with van der Waals surface area (Å²) >= 11 is 0. The average molecular weight is 268 g/mol. The van der Waals surface area contributed by atoms with Gasteiger partial charge in [-0.1, -0.05) is 6.07 Å². The number of aromatic nitrogens is 6. The van der Waals surface area contributed by atoms with Gasteiger partial charge < -0.3 is 0 Å². The van der Waals surface area contributed by atoms with Crippen molar-refractivity contribution in [3.05, 3.63) is 41.7 Å². The van der Waals surface area contributed by atoms with Crippen LogP contribution >= 0.6 is 0 Å². The highest BCUT2D eigenvalue weighted by Crippen LogP contribution is 2.17. The molecule has 0 saturated carbocycles. The standard InChI is InChI=1S/C14H16N6/c1-4-20-17-14(16-18-20)12-8-15-19(9-12)13-6-10(2)5-11(3)7-13/h5-9H,4H2,1-3H3. The van der Waals surface area contributed by atoms with Gasteiger partial charge in [0.1, 0.15) is 0 Å². The fraction of sp³-hybridized carbons (Fsp3) is 0.286. The number of tetrazole rings is 1. The van der Waals surface area contributed by atoms with Gasteiger partial charge in [-0.25, -0.2) is 4.68 Å². The maximum absolute atomic E-state index is 4.38. The van der Waals surface area contributed by atoms with E-state index < -0.39 is 0 Å². The summed E-state index contributed by atoms with van der Waals surface area (Å²) in [5.41, 5.74) is 4.33. The van der Waals surface area contributed by atoms with E-state index in [1.807, 2.05) is 17.8 Å². The molecule has 0 N–H and O–H groups in total. The largest absolute Gasteiger partial charge is 0.240 e. The minimum Gasteiger partial charge on any atom is -0.240 e. The van der Waals surface area contributed by atoms with Crippen molar-refractivity contribution in [1.29, 1.82) is 0 Å². The van der Waals surface area contributed by atoms with Gasteiger partial charge in [0.15, 0.2) is 0 Å². The summed E-state index contributed by atoms with van der Waals surface area (Å²) in [6.07, 6.45) is 3.68. The van der Waals surface area contributed by atoms with E-state index in [0.717, 1.165) is 11.3 Å². The lowest BCUT2D eigenvalue weighted by atomic mass is 10.1. The zero-order chi connectivity index (χ0) is 14.1. The Morgan fingerprint density at radius 3 is 2.50 bits per heavy atom. The quantitative estimate of drug-likeness (QED) is 0.730. The van der Waals surface area contributed by atoms with Crippen molar-refractivity contribution in [3.8, 4) is 17.1 Å². The molecule has 2 heterocycles. The van der Waals surface area contributed by atoms with Crippen molar-refractivity contribution in [2.75, 3.05) is 0 Å². The van der Waals surface area contributed by atoms with E-state index in [9.17, 15) is 0 Å². The lowest BCUT2D eigenvalue weighted by Crippen LogP contribution is -1.98. The second-order valence-corrected chi connectivity index (χ2v) is 4.82. The number of benzene rings is 1. The molecule has 1 aromatic carbocycles. The van der Waals surface area contributed by atoms with Crippen molar-refractivity contribution in [3.63, 3.8) is 0 Å². The Labute approximate surface area is 117 Å². The molecule has 0 amide bonds. The molecule has 0 saturated heterocycles. The van der Waals surface area contributed by atoms with E-state index >= 15 is 0 Å². The molecule has 0 atom stereocenters. The second kappa shape index (κ2) is 4.88. The summed E-state index contributed by atoms with van der Waals surface area (Å²) in [5.74, 6) is 0.600. The molecule has 3 aromatic rings. The van der Waals surface area contributed by atoms with Crippen LogP contribution in [-0.4, -0.2) is 30.0 Å². The van der Waals surface area contributed by atoms with Gasteiger partial charge in [0.2, 0.25) is 5.82 Å². The van der Waals surface area contributed by atoms with Gasteiger partial charge in [-0.3, -0.25) is 0 Å². The number of nitrogens with zero attached hydrogens (tertiary/aromatic N) is 6. The van der Waals surface area contributed by atoms with Gasteiger partial charge >= 0.3 is 0 Å². The monoisotopic (exact) mass is 268 g/mol. The number of hydrogen-bond donors (Lipinski definition) is 0. The molecule has 6 heteroatoms. The molecule has 6 nitrogen and oxygen atoms in total. The van der Waals surface area contributed by atoms with Gasteiger partial charge in [0, 0.05) is 6.20 Å². The van der Waals surface area contributed by atoms with Gasteiger partial charge in [-0.05, 0) is 49.2 Å². The van der Waals surface area contributed by atoms with Gasteiger partial charge in [-0.15, -0.1) is 10.2 Å². The molecule has 0 aliphatic heterocycles. The number of aryl methyl sites for hydroxylation is 3. The fourth-order valence-electron chi connectivity index (χ4n) is 2.16. The molecule has 0 aliphatic carbocycles. The van der Waals surface area contributed by atoms with Gasteiger partial charge in [0.25, 0.3) is 0 Å². The van der Waals surface area contributed by atoms with Crippen molar-refractivity contribution < 1.29 is 0 Å². The Balaban J connectivity index is 1.97. The molecular formula is C14H16N6. The van der Waals surface area contributed by atoms with Crippen LogP contribution in [0.3, 0.4) is 0 Å². The first-order valence-electron chi connectivity index (χ1n) is 6.57. The number of hydrogen-bond acceptors (Lipinski definition) is 4. The third-order valence-electron chi connectivity index (χ3n) is 3.05. The van der Waals surface area contributed by atoms with Crippen LogP contribution in [0, 0.1) is 13.8 Å². The van der Waals surface area contributed by atoms with Crippen LogP contribution in [0.1, 0.15) is 18.1 Å². The zero-order valence-corrected chi connectivity index (χ0v) is 11.8. The first kappa shape index (κ1) is 12.5. The predicted octanol–water partition coefficient (Wildman–Crippen LogP) is 2.16. The second-order valence-electron chi connectivity index (χ2n) is 4.82. The van der Waals surface area contributed by atoms with E-state index in [4.69, 9.17) is 0 Å². The fourth-order valence-corrected chi connectivity index (χ4v) is 2.16. The van der Waals surface area contributed by atoms with Crippen molar-refractivity contribution in [2.24, 2.45) is 0 Å². The molecule has 0 unspecified atom stereocenters. The van der Waals surface area contributed by atoms with Gasteiger partial charge in [-0.2, -0.15) is 9.90 Å². The third-order valence-corrected chi connectivity index (χ3v) is 3.05. The lowest BCUT2D eigenvalue weighted by molar-refractivity contribution is 0.553. The topological polar surface area (TPSA) is 61.4 Å². The summed E-state index contributed by atoms with van der Waals surface area (Å²) in [7, 11) is 0. The minimum absolute atomic E-state index is 0.600. The lowest BCUT2D eigenvalue weighted by Gasteiger charge is -2.04. The first-order valence-corrected chi connectivity index (χ1v) is 6.57. The normalized spacial score (nSPS) is 10.9. The molecular weight excluding hydrogens is 252 g/mol. The predicted molar refractivity (Wildman–Crippen MR) is 75.5 cm³/mol. The van der Waals surface area contributed by atoms with E-state index in [0.29, 0.717) is 12.4 Å². The summed E-state index contributed by atoms with van der Waals surface area (Å²) in [5, 5.41) is 16.6. The van der Waals surface area contributed by atoms with E-state index in [2.05, 4.69) is 52.6 Å². The van der Waals surface area contributed by atoms with Crippen LogP contribution < -0.4 is 0 Å². The molecule has 20 heavy (non-hydrogen) atoms. The Bertz CT molecular complexity index is 719. The molecule has 0 radical (unpaired) electrons. The van der Waals surface area contributed by atoms with E-state index in [1.54, 1.807) is 11.0 Å². The average Bonchev–Trinajstić information content (AvgIpc) is 3.06. The van der Waals surface area contributed by atoms with Crippen LogP contribution in [0.25, 0.3) is 17.1 Å². The highest BCUT2D eigenvalue weighted by Gasteiger charge is 2.09. The summed E-state index contributed by atoms with van der Waals surface area (Å²) < 4.78 is 1.84. The van der Waals surface area contributed by atoms with Crippen molar-refractivity contribution in [2.45, 2.75) is 27.3 Å². The van der Waals surface area contributed by atoms with Crippen molar-refractivity contribution >= 4 is 0 Å². The Morgan fingerprint density at radius 2 is 1.85 bits per heavy atom. The molecule has 3 rings (SSSR count). The van der Waals surface area contributed by atoms with Crippen LogP contribution in [0.4, 0.5) is 0 Å². The SMILES string of the molecule is CCn1nnc(-c2cnn(-c3cc(C)cc(C)c3)c2)n1. The highest BCUT2D eigenvalue weighted by molar-refractivity contribution is 5.52. The van der Waals surface area contributed by atoms with E-state index in [1.165, 1.54) is 11.1 Å². The first-order chi connectivity index (χ1) is 9.65. The Kier molecular flexibility index (Phi) is 3.06. The van der Waals surface area contributed by atoms with Crippen molar-refractivity contribution in [1.82, 2.24) is 30.0 Å². The molecule has 0 fully saturated rings. The molecule has 2 aromatic heterocycles. The minimum atomic E-state index is 0.600. The summed E-state index contributed by atoms with van der Waals surface area (Å²) in [6, 6.07) is 6.34. The maximum Gasteiger partial charge on any atom is 0.208 e. The summed E-state index contributed by atoms with van der Waals surface area (Å²) in [4.78, 5) is 1.56. The Hall–Kier alpha value is -2.50. The summed E-state index contributed by atoms with van der Waals surface area (Å²) in [6.45, 7) is 6.84. The highest BCUT2D eigenvalue weighted by atomic mass is 15.6. The zero-order valence-electron chi connectivity index (χ0n) is 11.8. The third kappa shape index (κ3) is 2.32. The maximum atomic E-state index is 4.38. The van der Waals surface area contributed by atoms with Crippen LogP contribution in [0.2, 0.25) is 0 Å².